The van der Waals surface area contributed by atoms with Crippen molar-refractivity contribution in [1.29, 1.82) is 0 Å². The average Bonchev–Trinajstić information content (AvgIpc) is 2.28. The number of hydrogen-bond acceptors (Lipinski definition) is 6. The Morgan fingerprint density at radius 3 is 2.00 bits per heavy atom. The fourth-order valence-electron chi connectivity index (χ4n) is 2.06. The molecule has 16 heavy (non-hydrogen) atoms. The smallest absolute Gasteiger partial charge is 0.184 e. The average molecular weight is 236 g/mol. The van der Waals surface area contributed by atoms with E-state index >= 15 is 0 Å². The molecule has 1 aliphatic heterocycles. The van der Waals surface area contributed by atoms with Crippen LogP contribution in [0.1, 0.15) is 6.42 Å². The lowest BCUT2D eigenvalue weighted by Gasteiger charge is -2.43. The molecule has 1 unspecified atom stereocenters. The Hall–Kier alpha value is -0.240. The molecule has 6 heteroatoms. The summed E-state index contributed by atoms with van der Waals surface area (Å²) in [6, 6.07) is 0. The Kier molecular flexibility index (Phi) is 5.60. The van der Waals surface area contributed by atoms with Crippen molar-refractivity contribution in [2.75, 3.05) is 27.9 Å². The molecule has 0 aromatic heterocycles. The molecule has 96 valence electrons. The molecule has 1 aliphatic rings. The van der Waals surface area contributed by atoms with Crippen LogP contribution < -0.4 is 0 Å². The number of rotatable bonds is 5. The highest BCUT2D eigenvalue weighted by atomic mass is 16.7. The first kappa shape index (κ1) is 13.8. The Bertz CT molecular complexity index is 200. The van der Waals surface area contributed by atoms with E-state index in [2.05, 4.69) is 0 Å². The van der Waals surface area contributed by atoms with Crippen molar-refractivity contribution >= 4 is 0 Å². The van der Waals surface area contributed by atoms with Gasteiger partial charge in [0.2, 0.25) is 0 Å². The van der Waals surface area contributed by atoms with Gasteiger partial charge in [-0.2, -0.15) is 0 Å². The molecule has 6 nitrogen and oxygen atoms in total. The normalized spacial score (nSPS) is 39.9. The molecule has 0 spiro atoms. The predicted octanol–water partition coefficient (Wildman–Crippen LogP) is -0.869. The highest BCUT2D eigenvalue weighted by molar-refractivity contribution is 4.91. The van der Waals surface area contributed by atoms with Crippen LogP contribution in [0.25, 0.3) is 0 Å². The van der Waals surface area contributed by atoms with Crippen LogP contribution in [0.15, 0.2) is 0 Å². The highest BCUT2D eigenvalue weighted by Crippen LogP contribution is 2.27. The molecule has 0 saturated carbocycles. The number of ether oxygens (including phenoxy) is 4. The van der Waals surface area contributed by atoms with Crippen molar-refractivity contribution in [3.63, 3.8) is 0 Å². The molecule has 0 radical (unpaired) electrons. The minimum absolute atomic E-state index is 0.0364. The maximum atomic E-state index is 9.72. The van der Waals surface area contributed by atoms with Crippen molar-refractivity contribution in [1.82, 2.24) is 0 Å². The van der Waals surface area contributed by atoms with Gasteiger partial charge in [0.25, 0.3) is 0 Å². The first-order valence-corrected chi connectivity index (χ1v) is 5.22. The van der Waals surface area contributed by atoms with Gasteiger partial charge in [0.05, 0.1) is 6.10 Å². The molecule has 0 aromatic carbocycles. The Morgan fingerprint density at radius 2 is 1.56 bits per heavy atom. The van der Waals surface area contributed by atoms with Crippen molar-refractivity contribution in [2.24, 2.45) is 0 Å². The third kappa shape index (κ3) is 2.71. The van der Waals surface area contributed by atoms with Gasteiger partial charge in [0.1, 0.15) is 18.3 Å². The third-order valence-electron chi connectivity index (χ3n) is 2.84. The first-order valence-electron chi connectivity index (χ1n) is 5.22. The quantitative estimate of drug-likeness (QED) is 0.646. The molecular weight excluding hydrogens is 216 g/mol. The van der Waals surface area contributed by atoms with E-state index in [-0.39, 0.29) is 12.7 Å². The minimum Gasteiger partial charge on any atom is -0.396 e. The van der Waals surface area contributed by atoms with Crippen LogP contribution in [0.2, 0.25) is 0 Å². The molecule has 1 saturated heterocycles. The van der Waals surface area contributed by atoms with Crippen LogP contribution in [-0.4, -0.2) is 68.9 Å². The summed E-state index contributed by atoms with van der Waals surface area (Å²) in [5, 5.41) is 18.6. The van der Waals surface area contributed by atoms with Crippen LogP contribution in [0, 0.1) is 0 Å². The van der Waals surface area contributed by atoms with Crippen molar-refractivity contribution in [3.8, 4) is 0 Å². The molecule has 0 amide bonds. The summed E-state index contributed by atoms with van der Waals surface area (Å²) >= 11 is 0. The van der Waals surface area contributed by atoms with Crippen molar-refractivity contribution < 1.29 is 29.2 Å². The second-order valence-electron chi connectivity index (χ2n) is 3.68. The summed E-state index contributed by atoms with van der Waals surface area (Å²) < 4.78 is 21.0. The van der Waals surface area contributed by atoms with Crippen molar-refractivity contribution in [2.45, 2.75) is 37.1 Å². The van der Waals surface area contributed by atoms with Crippen molar-refractivity contribution in [3.05, 3.63) is 0 Å². The lowest BCUT2D eigenvalue weighted by Crippen LogP contribution is -2.59. The molecule has 2 N–H and O–H groups in total. The molecule has 0 aliphatic carbocycles. The zero-order valence-corrected chi connectivity index (χ0v) is 9.83. The molecule has 5 atom stereocenters. The molecule has 1 rings (SSSR count). The Morgan fingerprint density at radius 1 is 1.00 bits per heavy atom. The van der Waals surface area contributed by atoms with Crippen LogP contribution in [0.3, 0.4) is 0 Å². The van der Waals surface area contributed by atoms with E-state index in [1.54, 1.807) is 0 Å². The van der Waals surface area contributed by atoms with Gasteiger partial charge in [-0.15, -0.1) is 0 Å². The second kappa shape index (κ2) is 6.48. The summed E-state index contributed by atoms with van der Waals surface area (Å²) in [4.78, 5) is 0. The zero-order chi connectivity index (χ0) is 12.1. The van der Waals surface area contributed by atoms with Crippen LogP contribution >= 0.6 is 0 Å². The summed E-state index contributed by atoms with van der Waals surface area (Å²) in [5.74, 6) is 0. The summed E-state index contributed by atoms with van der Waals surface area (Å²) in [5.41, 5.74) is 0. The largest absolute Gasteiger partial charge is 0.396 e. The lowest BCUT2D eigenvalue weighted by molar-refractivity contribution is -0.296. The van der Waals surface area contributed by atoms with Crippen LogP contribution in [0.4, 0.5) is 0 Å². The Balaban J connectivity index is 2.78. The van der Waals surface area contributed by atoms with E-state index in [0.29, 0.717) is 6.42 Å². The van der Waals surface area contributed by atoms with E-state index in [1.165, 1.54) is 21.3 Å². The second-order valence-corrected chi connectivity index (χ2v) is 3.68. The van der Waals surface area contributed by atoms with Gasteiger partial charge in [-0.25, -0.2) is 0 Å². The van der Waals surface area contributed by atoms with Gasteiger partial charge in [-0.05, 0) is 6.42 Å². The third-order valence-corrected chi connectivity index (χ3v) is 2.84. The molecule has 0 bridgehead atoms. The highest BCUT2D eigenvalue weighted by Gasteiger charge is 2.46. The standard InChI is InChI=1S/C10H20O6/c1-13-7-6(4-5-11)16-10(12)9(15-3)8(7)14-2/h6-12H,4-5H2,1-3H3/t6-,7-,8+,9+,10?/m1/s1. The summed E-state index contributed by atoms with van der Waals surface area (Å²) in [6.45, 7) is -0.0364. The topological polar surface area (TPSA) is 77.4 Å². The number of aliphatic hydroxyl groups excluding tert-OH is 2. The fraction of sp³-hybridized carbons (Fsp3) is 1.00. The molecular formula is C10H20O6. The van der Waals surface area contributed by atoms with Crippen LogP contribution in [-0.2, 0) is 18.9 Å². The van der Waals surface area contributed by atoms with Gasteiger partial charge in [0.15, 0.2) is 6.29 Å². The van der Waals surface area contributed by atoms with Gasteiger partial charge in [-0.3, -0.25) is 0 Å². The van der Waals surface area contributed by atoms with Gasteiger partial charge >= 0.3 is 0 Å². The monoisotopic (exact) mass is 236 g/mol. The minimum atomic E-state index is -1.07. The summed E-state index contributed by atoms with van der Waals surface area (Å²) in [7, 11) is 4.54. The fourth-order valence-corrected chi connectivity index (χ4v) is 2.06. The predicted molar refractivity (Wildman–Crippen MR) is 55.0 cm³/mol. The van der Waals surface area contributed by atoms with E-state index in [9.17, 15) is 5.11 Å². The maximum Gasteiger partial charge on any atom is 0.184 e. The summed E-state index contributed by atoms with van der Waals surface area (Å²) in [6.07, 6.45) is -2.48. The lowest BCUT2D eigenvalue weighted by atomic mass is 9.96. The van der Waals surface area contributed by atoms with E-state index in [0.717, 1.165) is 0 Å². The van der Waals surface area contributed by atoms with Crippen LogP contribution in [0.5, 0.6) is 0 Å². The zero-order valence-electron chi connectivity index (χ0n) is 9.83. The van der Waals surface area contributed by atoms with E-state index in [1.807, 2.05) is 0 Å². The molecule has 1 heterocycles. The maximum absolute atomic E-state index is 9.72. The number of methoxy groups -OCH3 is 3. The Labute approximate surface area is 95.1 Å². The van der Waals surface area contributed by atoms with Gasteiger partial charge < -0.3 is 29.2 Å². The van der Waals surface area contributed by atoms with Gasteiger partial charge in [0, 0.05) is 27.9 Å². The molecule has 1 fully saturated rings. The SMILES string of the molecule is CO[C@H]1[C@H](OC)[C@@H](CCO)OC(O)[C@H]1OC. The van der Waals surface area contributed by atoms with E-state index in [4.69, 9.17) is 24.1 Å². The number of aliphatic hydroxyl groups is 2. The first-order chi connectivity index (χ1) is 7.69. The number of hydrogen-bond donors (Lipinski definition) is 2. The van der Waals surface area contributed by atoms with Gasteiger partial charge in [-0.1, -0.05) is 0 Å². The van der Waals surface area contributed by atoms with E-state index < -0.39 is 24.6 Å². The molecule has 0 aromatic rings.